The van der Waals surface area contributed by atoms with E-state index in [0.29, 0.717) is 12.1 Å². The van der Waals surface area contributed by atoms with Crippen LogP contribution in [0.1, 0.15) is 20.9 Å². The Morgan fingerprint density at radius 1 is 1.06 bits per heavy atom. The molecule has 0 saturated heterocycles. The minimum Gasteiger partial charge on any atom is -0.495 e. The van der Waals surface area contributed by atoms with Crippen molar-refractivity contribution in [2.45, 2.75) is 11.3 Å². The molecule has 1 amide bonds. The first kappa shape index (κ1) is 22.9. The van der Waals surface area contributed by atoms with E-state index >= 15 is 0 Å². The molecule has 0 saturated carbocycles. The first-order valence-corrected chi connectivity index (χ1v) is 12.4. The lowest BCUT2D eigenvalue weighted by Gasteiger charge is -2.15. The van der Waals surface area contributed by atoms with E-state index in [1.807, 2.05) is 42.5 Å². The van der Waals surface area contributed by atoms with E-state index in [2.05, 4.69) is 16.4 Å². The van der Waals surface area contributed by atoms with Gasteiger partial charge in [-0.05, 0) is 48.0 Å². The van der Waals surface area contributed by atoms with Gasteiger partial charge in [-0.25, -0.2) is 17.7 Å². The van der Waals surface area contributed by atoms with Crippen LogP contribution >= 0.6 is 11.3 Å². The molecule has 9 heteroatoms. The molecule has 33 heavy (non-hydrogen) atoms. The molecule has 170 valence electrons. The SMILES string of the molecule is COc1ccc(C(=O)Nc2ccc(Cc3nc4ccccc4s3)cc2)cc1S(=O)(=O)N(C)C. The van der Waals surface area contributed by atoms with Crippen LogP contribution in [0.2, 0.25) is 0 Å². The third kappa shape index (κ3) is 4.90. The number of rotatable bonds is 7. The average molecular weight is 482 g/mol. The van der Waals surface area contributed by atoms with E-state index in [1.165, 1.54) is 39.4 Å². The van der Waals surface area contributed by atoms with Crippen molar-refractivity contribution in [2.75, 3.05) is 26.5 Å². The summed E-state index contributed by atoms with van der Waals surface area (Å²) in [5, 5.41) is 3.84. The normalized spacial score (nSPS) is 11.6. The van der Waals surface area contributed by atoms with Gasteiger partial charge in [0.25, 0.3) is 5.91 Å². The molecule has 1 heterocycles. The first-order valence-electron chi connectivity index (χ1n) is 10.1. The van der Waals surface area contributed by atoms with Gasteiger partial charge < -0.3 is 10.1 Å². The van der Waals surface area contributed by atoms with Crippen molar-refractivity contribution in [1.29, 1.82) is 0 Å². The van der Waals surface area contributed by atoms with Gasteiger partial charge in [0.1, 0.15) is 10.6 Å². The van der Waals surface area contributed by atoms with Gasteiger partial charge in [-0.2, -0.15) is 0 Å². The second-order valence-electron chi connectivity index (χ2n) is 7.56. The van der Waals surface area contributed by atoms with Crippen molar-refractivity contribution in [1.82, 2.24) is 9.29 Å². The van der Waals surface area contributed by atoms with Crippen LogP contribution in [0.15, 0.2) is 71.6 Å². The highest BCUT2D eigenvalue weighted by Crippen LogP contribution is 2.28. The molecule has 7 nitrogen and oxygen atoms in total. The van der Waals surface area contributed by atoms with E-state index in [4.69, 9.17) is 4.74 Å². The number of ether oxygens (including phenoxy) is 1. The fraction of sp³-hybridized carbons (Fsp3) is 0.167. The number of amides is 1. The lowest BCUT2D eigenvalue weighted by molar-refractivity contribution is 0.102. The van der Waals surface area contributed by atoms with Gasteiger partial charge in [0.15, 0.2) is 0 Å². The predicted molar refractivity (Wildman–Crippen MR) is 131 cm³/mol. The fourth-order valence-electron chi connectivity index (χ4n) is 3.30. The van der Waals surface area contributed by atoms with Crippen LogP contribution in [0, 0.1) is 0 Å². The smallest absolute Gasteiger partial charge is 0.255 e. The van der Waals surface area contributed by atoms with Gasteiger partial charge >= 0.3 is 0 Å². The maximum atomic E-state index is 12.8. The van der Waals surface area contributed by atoms with Crippen LogP contribution in [0.3, 0.4) is 0 Å². The Labute approximate surface area is 196 Å². The number of aromatic nitrogens is 1. The maximum absolute atomic E-state index is 12.8. The molecule has 4 rings (SSSR count). The van der Waals surface area contributed by atoms with Crippen molar-refractivity contribution in [3.8, 4) is 5.75 Å². The number of fused-ring (bicyclic) bond motifs is 1. The molecule has 4 aromatic rings. The summed E-state index contributed by atoms with van der Waals surface area (Å²) in [5.74, 6) is -0.230. The van der Waals surface area contributed by atoms with Crippen LogP contribution in [0.25, 0.3) is 10.2 Å². The zero-order valence-corrected chi connectivity index (χ0v) is 20.0. The third-order valence-electron chi connectivity index (χ3n) is 5.09. The number of carbonyl (C=O) groups excluding carboxylic acids is 1. The molecule has 0 aliphatic carbocycles. The summed E-state index contributed by atoms with van der Waals surface area (Å²) in [6.07, 6.45) is 0.706. The second-order valence-corrected chi connectivity index (χ2v) is 10.8. The Kier molecular flexibility index (Phi) is 6.46. The van der Waals surface area contributed by atoms with Crippen LogP contribution in [-0.4, -0.2) is 44.8 Å². The average Bonchev–Trinajstić information content (AvgIpc) is 3.22. The Hall–Kier alpha value is -3.27. The fourth-order valence-corrected chi connectivity index (χ4v) is 5.37. The summed E-state index contributed by atoms with van der Waals surface area (Å²) >= 11 is 1.67. The standard InChI is InChI=1S/C24H23N3O4S2/c1-27(2)33(29,30)22-15-17(10-13-20(22)31-3)24(28)25-18-11-8-16(9-12-18)14-23-26-19-6-4-5-7-21(19)32-23/h4-13,15H,14H2,1-3H3,(H,25,28). The second kappa shape index (κ2) is 9.30. The highest BCUT2D eigenvalue weighted by Gasteiger charge is 2.24. The minimum absolute atomic E-state index is 0.0613. The van der Waals surface area contributed by atoms with Gasteiger partial charge in [0.05, 0.1) is 22.3 Å². The van der Waals surface area contributed by atoms with Crippen LogP contribution < -0.4 is 10.1 Å². The van der Waals surface area contributed by atoms with E-state index in [1.54, 1.807) is 11.3 Å². The molecular weight excluding hydrogens is 458 g/mol. The molecule has 0 radical (unpaired) electrons. The maximum Gasteiger partial charge on any atom is 0.255 e. The van der Waals surface area contributed by atoms with E-state index < -0.39 is 15.9 Å². The van der Waals surface area contributed by atoms with Crippen molar-refractivity contribution in [3.63, 3.8) is 0 Å². The van der Waals surface area contributed by atoms with Crippen molar-refractivity contribution >= 4 is 43.2 Å². The number of para-hydroxylation sites is 1. The number of thiazole rings is 1. The summed E-state index contributed by atoms with van der Waals surface area (Å²) in [6.45, 7) is 0. The first-order chi connectivity index (χ1) is 15.8. The number of benzene rings is 3. The number of nitrogens with zero attached hydrogens (tertiary/aromatic N) is 2. The lowest BCUT2D eigenvalue weighted by atomic mass is 10.1. The molecule has 0 atom stereocenters. The van der Waals surface area contributed by atoms with Crippen molar-refractivity contribution in [2.24, 2.45) is 0 Å². The highest BCUT2D eigenvalue weighted by atomic mass is 32.2. The number of hydrogen-bond donors (Lipinski definition) is 1. The Balaban J connectivity index is 1.49. The van der Waals surface area contributed by atoms with Crippen molar-refractivity contribution in [3.05, 3.63) is 82.9 Å². The van der Waals surface area contributed by atoms with Gasteiger partial charge in [0, 0.05) is 31.8 Å². The van der Waals surface area contributed by atoms with Crippen LogP contribution in [0.5, 0.6) is 5.75 Å². The summed E-state index contributed by atoms with van der Waals surface area (Å²) in [4.78, 5) is 17.4. The molecule has 0 fully saturated rings. The molecule has 0 spiro atoms. The predicted octanol–water partition coefficient (Wildman–Crippen LogP) is 4.40. The number of methoxy groups -OCH3 is 1. The van der Waals surface area contributed by atoms with Gasteiger partial charge in [-0.3, -0.25) is 4.79 Å². The minimum atomic E-state index is -3.77. The molecule has 3 aromatic carbocycles. The zero-order valence-electron chi connectivity index (χ0n) is 18.4. The number of anilines is 1. The summed E-state index contributed by atoms with van der Waals surface area (Å²) in [5.41, 5.74) is 2.91. The number of carbonyl (C=O) groups is 1. The molecule has 0 aliphatic rings. The lowest BCUT2D eigenvalue weighted by Crippen LogP contribution is -2.23. The Bertz CT molecular complexity index is 1380. The molecule has 1 N–H and O–H groups in total. The molecule has 1 aromatic heterocycles. The Morgan fingerprint density at radius 2 is 1.79 bits per heavy atom. The summed E-state index contributed by atoms with van der Waals surface area (Å²) in [6, 6.07) is 19.9. The van der Waals surface area contributed by atoms with Crippen molar-refractivity contribution < 1.29 is 17.9 Å². The number of nitrogens with one attached hydrogen (secondary N) is 1. The van der Waals surface area contributed by atoms with E-state index in [0.717, 1.165) is 25.1 Å². The van der Waals surface area contributed by atoms with E-state index in [-0.39, 0.29) is 16.2 Å². The molecular formula is C24H23N3O4S2. The molecule has 0 unspecified atom stereocenters. The number of hydrogen-bond acceptors (Lipinski definition) is 6. The third-order valence-corrected chi connectivity index (χ3v) is 7.96. The topological polar surface area (TPSA) is 88.6 Å². The quantitative estimate of drug-likeness (QED) is 0.423. The Morgan fingerprint density at radius 3 is 2.45 bits per heavy atom. The summed E-state index contributed by atoms with van der Waals surface area (Å²) in [7, 11) is 0.474. The van der Waals surface area contributed by atoms with Gasteiger partial charge in [-0.1, -0.05) is 24.3 Å². The van der Waals surface area contributed by atoms with Gasteiger partial charge in [0.2, 0.25) is 10.0 Å². The largest absolute Gasteiger partial charge is 0.495 e. The zero-order chi connectivity index (χ0) is 23.6. The van der Waals surface area contributed by atoms with Gasteiger partial charge in [-0.15, -0.1) is 11.3 Å². The number of sulfonamides is 1. The van der Waals surface area contributed by atoms with Crippen LogP contribution in [-0.2, 0) is 16.4 Å². The van der Waals surface area contributed by atoms with Crippen LogP contribution in [0.4, 0.5) is 5.69 Å². The summed E-state index contributed by atoms with van der Waals surface area (Å²) < 4.78 is 32.6. The highest BCUT2D eigenvalue weighted by molar-refractivity contribution is 7.89. The monoisotopic (exact) mass is 481 g/mol. The molecule has 0 aliphatic heterocycles. The molecule has 0 bridgehead atoms. The van der Waals surface area contributed by atoms with E-state index in [9.17, 15) is 13.2 Å².